The first-order valence-electron chi connectivity index (χ1n) is 8.93. The Morgan fingerprint density at radius 3 is 2.75 bits per heavy atom. The van der Waals surface area contributed by atoms with Crippen LogP contribution in [-0.2, 0) is 20.7 Å². The van der Waals surface area contributed by atoms with Gasteiger partial charge in [-0.25, -0.2) is 4.39 Å². The van der Waals surface area contributed by atoms with Gasteiger partial charge in [-0.2, -0.15) is 0 Å². The fourth-order valence-corrected chi connectivity index (χ4v) is 3.16. The summed E-state index contributed by atoms with van der Waals surface area (Å²) >= 11 is 0. The highest BCUT2D eigenvalue weighted by Gasteiger charge is 2.40. The highest BCUT2D eigenvalue weighted by molar-refractivity contribution is 5.79. The van der Waals surface area contributed by atoms with Crippen LogP contribution in [0.1, 0.15) is 12.0 Å². The molecule has 1 fully saturated rings. The Balaban J connectivity index is 1.69. The zero-order valence-electron chi connectivity index (χ0n) is 15.3. The van der Waals surface area contributed by atoms with E-state index >= 15 is 0 Å². The minimum atomic E-state index is -1.05. The quantitative estimate of drug-likeness (QED) is 0.773. The van der Waals surface area contributed by atoms with Gasteiger partial charge in [0, 0.05) is 18.9 Å². The number of amides is 2. The summed E-state index contributed by atoms with van der Waals surface area (Å²) in [6, 6.07) is 9.14. The number of carbonyl (C=O) groups excluding carboxylic acids is 2. The number of pyridine rings is 1. The van der Waals surface area contributed by atoms with Crippen LogP contribution in [0.4, 0.5) is 4.39 Å². The predicted molar refractivity (Wildman–Crippen MR) is 98.9 cm³/mol. The van der Waals surface area contributed by atoms with Crippen LogP contribution in [0.15, 0.2) is 48.8 Å². The molecule has 2 heterocycles. The highest BCUT2D eigenvalue weighted by Crippen LogP contribution is 2.25. The maximum Gasteiger partial charge on any atom is 0.227 e. The van der Waals surface area contributed by atoms with Gasteiger partial charge in [-0.05, 0) is 35.9 Å². The van der Waals surface area contributed by atoms with Crippen molar-refractivity contribution in [2.75, 3.05) is 26.3 Å². The lowest BCUT2D eigenvalue weighted by Crippen LogP contribution is -2.58. The molecule has 0 saturated carbocycles. The van der Waals surface area contributed by atoms with Gasteiger partial charge in [0.15, 0.2) is 0 Å². The Morgan fingerprint density at radius 2 is 2.07 bits per heavy atom. The van der Waals surface area contributed by atoms with Gasteiger partial charge in [0.05, 0.1) is 26.0 Å². The Hall–Kier alpha value is -3.00. The molecule has 0 radical (unpaired) electrons. The summed E-state index contributed by atoms with van der Waals surface area (Å²) in [5.74, 6) is -0.580. The number of nitrogens with zero attached hydrogens (tertiary/aromatic N) is 2. The van der Waals surface area contributed by atoms with Crippen molar-refractivity contribution in [1.82, 2.24) is 9.88 Å². The molecular weight excluding hydrogens is 365 g/mol. The van der Waals surface area contributed by atoms with E-state index in [0.29, 0.717) is 12.3 Å². The van der Waals surface area contributed by atoms with Gasteiger partial charge in [-0.15, -0.1) is 0 Å². The SMILES string of the molecule is NC(=O)C[C@]1(COc2ccc(F)cc2)CN(C(=O)Cc2cccnc2)CCO1. The molecule has 1 atom stereocenters. The van der Waals surface area contributed by atoms with E-state index in [4.69, 9.17) is 15.2 Å². The lowest BCUT2D eigenvalue weighted by molar-refractivity contribution is -0.161. The zero-order chi connectivity index (χ0) is 20.0. The Morgan fingerprint density at radius 1 is 1.29 bits per heavy atom. The van der Waals surface area contributed by atoms with Crippen molar-refractivity contribution in [3.8, 4) is 5.75 Å². The maximum atomic E-state index is 13.1. The molecule has 7 nitrogen and oxygen atoms in total. The first kappa shape index (κ1) is 19.8. The predicted octanol–water partition coefficient (Wildman–Crippen LogP) is 1.32. The molecule has 0 unspecified atom stereocenters. The fraction of sp³-hybridized carbons (Fsp3) is 0.350. The van der Waals surface area contributed by atoms with Gasteiger partial charge in [-0.3, -0.25) is 14.6 Å². The zero-order valence-corrected chi connectivity index (χ0v) is 15.3. The second-order valence-electron chi connectivity index (χ2n) is 6.77. The monoisotopic (exact) mass is 387 g/mol. The van der Waals surface area contributed by atoms with Crippen LogP contribution in [0.25, 0.3) is 0 Å². The third-order valence-corrected chi connectivity index (χ3v) is 4.49. The van der Waals surface area contributed by atoms with Crippen molar-refractivity contribution >= 4 is 11.8 Å². The molecule has 2 amide bonds. The Bertz CT molecular complexity index is 816. The molecular formula is C20H22FN3O4. The fourth-order valence-electron chi connectivity index (χ4n) is 3.16. The number of benzene rings is 1. The van der Waals surface area contributed by atoms with E-state index in [1.165, 1.54) is 24.3 Å². The largest absolute Gasteiger partial charge is 0.490 e. The number of nitrogens with two attached hydrogens (primary N) is 1. The normalized spacial score (nSPS) is 19.2. The number of aromatic nitrogens is 1. The van der Waals surface area contributed by atoms with Crippen molar-refractivity contribution in [1.29, 1.82) is 0 Å². The first-order valence-corrected chi connectivity index (χ1v) is 8.93. The van der Waals surface area contributed by atoms with Crippen molar-refractivity contribution < 1.29 is 23.5 Å². The second kappa shape index (κ2) is 8.79. The van der Waals surface area contributed by atoms with Crippen molar-refractivity contribution in [2.45, 2.75) is 18.4 Å². The van der Waals surface area contributed by atoms with Crippen LogP contribution in [0, 0.1) is 5.82 Å². The summed E-state index contributed by atoms with van der Waals surface area (Å²) in [7, 11) is 0. The summed E-state index contributed by atoms with van der Waals surface area (Å²) in [4.78, 5) is 30.0. The molecule has 2 aromatic rings. The summed E-state index contributed by atoms with van der Waals surface area (Å²) in [5.41, 5.74) is 5.16. The standard InChI is InChI=1S/C20H22FN3O4/c21-16-3-5-17(6-4-16)27-14-20(11-18(22)25)13-24(8-9-28-20)19(26)10-15-2-1-7-23-12-15/h1-7,12H,8-11,13-14H2,(H2,22,25)/t20-/m1/s1. The van der Waals surface area contributed by atoms with Crippen LogP contribution in [-0.4, -0.2) is 53.6 Å². The number of ether oxygens (including phenoxy) is 2. The molecule has 148 valence electrons. The van der Waals surface area contributed by atoms with Gasteiger partial charge in [0.25, 0.3) is 0 Å². The van der Waals surface area contributed by atoms with E-state index < -0.39 is 11.5 Å². The number of carbonyl (C=O) groups is 2. The molecule has 28 heavy (non-hydrogen) atoms. The lowest BCUT2D eigenvalue weighted by atomic mass is 9.97. The summed E-state index contributed by atoms with van der Waals surface area (Å²) in [6.45, 7) is 0.865. The third kappa shape index (κ3) is 5.26. The molecule has 1 aliphatic rings. The topological polar surface area (TPSA) is 94.8 Å². The van der Waals surface area contributed by atoms with E-state index in [0.717, 1.165) is 5.56 Å². The van der Waals surface area contributed by atoms with E-state index in [2.05, 4.69) is 4.98 Å². The van der Waals surface area contributed by atoms with Crippen LogP contribution in [0.3, 0.4) is 0 Å². The highest BCUT2D eigenvalue weighted by atomic mass is 19.1. The molecule has 3 rings (SSSR count). The first-order chi connectivity index (χ1) is 13.5. The van der Waals surface area contributed by atoms with Crippen LogP contribution >= 0.6 is 0 Å². The average molecular weight is 387 g/mol. The lowest BCUT2D eigenvalue weighted by Gasteiger charge is -2.42. The molecule has 1 aromatic heterocycles. The van der Waals surface area contributed by atoms with E-state index in [1.54, 1.807) is 23.4 Å². The molecule has 1 aliphatic heterocycles. The molecule has 1 aromatic carbocycles. The van der Waals surface area contributed by atoms with Gasteiger partial charge in [-0.1, -0.05) is 6.07 Å². The van der Waals surface area contributed by atoms with E-state index in [-0.39, 0.29) is 44.3 Å². The van der Waals surface area contributed by atoms with Gasteiger partial charge >= 0.3 is 0 Å². The average Bonchev–Trinajstić information content (AvgIpc) is 2.68. The number of halogens is 1. The van der Waals surface area contributed by atoms with Crippen molar-refractivity contribution in [3.05, 3.63) is 60.2 Å². The van der Waals surface area contributed by atoms with Crippen LogP contribution in [0.2, 0.25) is 0 Å². The number of morpholine rings is 1. The summed E-state index contributed by atoms with van der Waals surface area (Å²) in [5, 5.41) is 0. The van der Waals surface area contributed by atoms with E-state index in [1.807, 2.05) is 6.07 Å². The number of primary amides is 1. The van der Waals surface area contributed by atoms with Gasteiger partial charge in [0.1, 0.15) is 23.8 Å². The minimum Gasteiger partial charge on any atom is -0.490 e. The number of hydrogen-bond donors (Lipinski definition) is 1. The molecule has 0 bridgehead atoms. The van der Waals surface area contributed by atoms with Gasteiger partial charge in [0.2, 0.25) is 11.8 Å². The number of rotatable bonds is 7. The second-order valence-corrected chi connectivity index (χ2v) is 6.77. The molecule has 2 N–H and O–H groups in total. The number of hydrogen-bond acceptors (Lipinski definition) is 5. The van der Waals surface area contributed by atoms with Gasteiger partial charge < -0.3 is 20.1 Å². The molecule has 8 heteroatoms. The van der Waals surface area contributed by atoms with Crippen LogP contribution < -0.4 is 10.5 Å². The molecule has 0 spiro atoms. The maximum absolute atomic E-state index is 13.1. The van der Waals surface area contributed by atoms with Crippen LogP contribution in [0.5, 0.6) is 5.75 Å². The summed E-state index contributed by atoms with van der Waals surface area (Å²) < 4.78 is 24.6. The van der Waals surface area contributed by atoms with Crippen molar-refractivity contribution in [2.24, 2.45) is 5.73 Å². The minimum absolute atomic E-state index is 0.0121. The van der Waals surface area contributed by atoms with E-state index in [9.17, 15) is 14.0 Å². The third-order valence-electron chi connectivity index (χ3n) is 4.49. The smallest absolute Gasteiger partial charge is 0.227 e. The summed E-state index contributed by atoms with van der Waals surface area (Å²) in [6.07, 6.45) is 3.41. The van der Waals surface area contributed by atoms with Crippen molar-refractivity contribution in [3.63, 3.8) is 0 Å². The Labute approximate surface area is 162 Å². The Kier molecular flexibility index (Phi) is 6.20. The molecule has 0 aliphatic carbocycles. The molecule has 1 saturated heterocycles.